The Balaban J connectivity index is 1.60. The number of nitrogens with zero attached hydrogens (tertiary/aromatic N) is 3. The summed E-state index contributed by atoms with van der Waals surface area (Å²) in [6.45, 7) is 1.61. The van der Waals surface area contributed by atoms with Crippen LogP contribution in [-0.4, -0.2) is 36.1 Å². The lowest BCUT2D eigenvalue weighted by Gasteiger charge is -2.26. The quantitative estimate of drug-likeness (QED) is 0.621. The SMILES string of the molecule is COC(=O)CC1=CCN(c2ncc(C3CC3)cn2)CC1. The predicted octanol–water partition coefficient (Wildman–Crippen LogP) is 2.05. The van der Waals surface area contributed by atoms with Gasteiger partial charge in [0.15, 0.2) is 0 Å². The summed E-state index contributed by atoms with van der Waals surface area (Å²) in [6.07, 6.45) is 9.78. The van der Waals surface area contributed by atoms with Gasteiger partial charge in [-0.1, -0.05) is 11.6 Å². The summed E-state index contributed by atoms with van der Waals surface area (Å²) in [5, 5.41) is 0. The Hall–Kier alpha value is -1.91. The van der Waals surface area contributed by atoms with Crippen LogP contribution < -0.4 is 4.90 Å². The van der Waals surface area contributed by atoms with E-state index in [0.29, 0.717) is 12.3 Å². The van der Waals surface area contributed by atoms with Crippen LogP contribution in [0.1, 0.15) is 37.2 Å². The largest absolute Gasteiger partial charge is 0.469 e. The minimum Gasteiger partial charge on any atom is -0.469 e. The summed E-state index contributed by atoms with van der Waals surface area (Å²) >= 11 is 0. The van der Waals surface area contributed by atoms with Crippen molar-refractivity contribution in [3.63, 3.8) is 0 Å². The molecule has 1 aromatic heterocycles. The van der Waals surface area contributed by atoms with Crippen LogP contribution in [0, 0.1) is 0 Å². The third-order valence-corrected chi connectivity index (χ3v) is 3.89. The Bertz CT molecular complexity index is 520. The molecule has 0 bridgehead atoms. The second-order valence-corrected chi connectivity index (χ2v) is 5.40. The van der Waals surface area contributed by atoms with Crippen LogP contribution in [0.2, 0.25) is 0 Å². The van der Waals surface area contributed by atoms with Gasteiger partial charge in [0, 0.05) is 25.5 Å². The second-order valence-electron chi connectivity index (χ2n) is 5.40. The molecule has 1 aliphatic carbocycles. The first-order chi connectivity index (χ1) is 9.76. The highest BCUT2D eigenvalue weighted by Crippen LogP contribution is 2.39. The van der Waals surface area contributed by atoms with Crippen LogP contribution in [0.5, 0.6) is 0 Å². The molecule has 0 aromatic carbocycles. The molecule has 0 amide bonds. The number of esters is 1. The Kier molecular flexibility index (Phi) is 3.67. The normalized spacial score (nSPS) is 18.6. The molecule has 0 spiro atoms. The van der Waals surface area contributed by atoms with Crippen molar-refractivity contribution in [3.05, 3.63) is 29.6 Å². The molecule has 0 atom stereocenters. The van der Waals surface area contributed by atoms with Crippen molar-refractivity contribution >= 4 is 11.9 Å². The van der Waals surface area contributed by atoms with Gasteiger partial charge >= 0.3 is 5.97 Å². The summed E-state index contributed by atoms with van der Waals surface area (Å²) in [4.78, 5) is 22.3. The topological polar surface area (TPSA) is 55.3 Å². The Labute approximate surface area is 118 Å². The van der Waals surface area contributed by atoms with E-state index < -0.39 is 0 Å². The van der Waals surface area contributed by atoms with Gasteiger partial charge < -0.3 is 9.64 Å². The summed E-state index contributed by atoms with van der Waals surface area (Å²) in [6, 6.07) is 0. The number of carbonyl (C=O) groups is 1. The molecule has 106 valence electrons. The zero-order valence-electron chi connectivity index (χ0n) is 11.7. The smallest absolute Gasteiger partial charge is 0.309 e. The van der Waals surface area contributed by atoms with E-state index in [9.17, 15) is 4.79 Å². The van der Waals surface area contributed by atoms with Gasteiger partial charge in [-0.3, -0.25) is 4.79 Å². The van der Waals surface area contributed by atoms with E-state index in [1.54, 1.807) is 0 Å². The first-order valence-corrected chi connectivity index (χ1v) is 7.08. The molecule has 1 saturated carbocycles. The maximum absolute atomic E-state index is 11.2. The average molecular weight is 273 g/mol. The molecule has 3 rings (SSSR count). The maximum atomic E-state index is 11.2. The summed E-state index contributed by atoms with van der Waals surface area (Å²) in [7, 11) is 1.42. The fourth-order valence-corrected chi connectivity index (χ4v) is 2.43. The van der Waals surface area contributed by atoms with Gasteiger partial charge in [0.05, 0.1) is 13.5 Å². The molecule has 0 radical (unpaired) electrons. The molecule has 1 aromatic rings. The zero-order valence-corrected chi connectivity index (χ0v) is 11.7. The van der Waals surface area contributed by atoms with Crippen LogP contribution >= 0.6 is 0 Å². The number of hydrogen-bond donors (Lipinski definition) is 0. The Morgan fingerprint density at radius 1 is 1.40 bits per heavy atom. The molecule has 2 aliphatic rings. The van der Waals surface area contributed by atoms with E-state index in [1.165, 1.54) is 25.5 Å². The molecule has 2 heterocycles. The highest BCUT2D eigenvalue weighted by molar-refractivity contribution is 5.72. The predicted molar refractivity (Wildman–Crippen MR) is 75.6 cm³/mol. The zero-order chi connectivity index (χ0) is 13.9. The van der Waals surface area contributed by atoms with Crippen molar-refractivity contribution in [1.82, 2.24) is 9.97 Å². The lowest BCUT2D eigenvalue weighted by Crippen LogP contribution is -2.30. The van der Waals surface area contributed by atoms with Gasteiger partial charge in [0.1, 0.15) is 0 Å². The van der Waals surface area contributed by atoms with Gasteiger partial charge in [-0.25, -0.2) is 9.97 Å². The van der Waals surface area contributed by atoms with Crippen molar-refractivity contribution in [3.8, 4) is 0 Å². The highest BCUT2D eigenvalue weighted by Gasteiger charge is 2.24. The van der Waals surface area contributed by atoms with Gasteiger partial charge in [0.2, 0.25) is 5.95 Å². The van der Waals surface area contributed by atoms with Crippen LogP contribution in [0.4, 0.5) is 5.95 Å². The second kappa shape index (κ2) is 5.61. The van der Waals surface area contributed by atoms with E-state index in [-0.39, 0.29) is 5.97 Å². The van der Waals surface area contributed by atoms with Crippen molar-refractivity contribution in [2.75, 3.05) is 25.1 Å². The Morgan fingerprint density at radius 2 is 2.15 bits per heavy atom. The fraction of sp³-hybridized carbons (Fsp3) is 0.533. The van der Waals surface area contributed by atoms with Crippen molar-refractivity contribution < 1.29 is 9.53 Å². The minimum atomic E-state index is -0.172. The monoisotopic (exact) mass is 273 g/mol. The van der Waals surface area contributed by atoms with E-state index in [4.69, 9.17) is 0 Å². The third-order valence-electron chi connectivity index (χ3n) is 3.89. The number of anilines is 1. The first-order valence-electron chi connectivity index (χ1n) is 7.08. The van der Waals surface area contributed by atoms with Crippen molar-refractivity contribution in [2.24, 2.45) is 0 Å². The van der Waals surface area contributed by atoms with E-state index in [2.05, 4.69) is 25.7 Å². The van der Waals surface area contributed by atoms with Gasteiger partial charge in [-0.2, -0.15) is 0 Å². The molecular formula is C15H19N3O2. The molecule has 5 nitrogen and oxygen atoms in total. The molecule has 20 heavy (non-hydrogen) atoms. The number of aromatic nitrogens is 2. The van der Waals surface area contributed by atoms with Crippen LogP contribution in [0.15, 0.2) is 24.0 Å². The van der Waals surface area contributed by atoms with E-state index in [1.807, 2.05) is 12.4 Å². The lowest BCUT2D eigenvalue weighted by molar-refractivity contribution is -0.139. The average Bonchev–Trinajstić information content (AvgIpc) is 3.33. The molecule has 1 aliphatic heterocycles. The Morgan fingerprint density at radius 3 is 2.70 bits per heavy atom. The summed E-state index contributed by atoms with van der Waals surface area (Å²) in [5.74, 6) is 1.30. The fourth-order valence-electron chi connectivity index (χ4n) is 2.43. The van der Waals surface area contributed by atoms with Crippen LogP contribution in [0.25, 0.3) is 0 Å². The van der Waals surface area contributed by atoms with Crippen LogP contribution in [-0.2, 0) is 9.53 Å². The molecule has 0 N–H and O–H groups in total. The standard InChI is InChI=1S/C15H19N3O2/c1-20-14(19)8-11-4-6-18(7-5-11)15-16-9-13(10-17-15)12-2-3-12/h4,9-10,12H,2-3,5-8H2,1H3. The summed E-state index contributed by atoms with van der Waals surface area (Å²) < 4.78 is 4.69. The van der Waals surface area contributed by atoms with E-state index in [0.717, 1.165) is 31.0 Å². The van der Waals surface area contributed by atoms with Gasteiger partial charge in [-0.05, 0) is 30.7 Å². The maximum Gasteiger partial charge on any atom is 0.309 e. The van der Waals surface area contributed by atoms with E-state index >= 15 is 0 Å². The molecular weight excluding hydrogens is 254 g/mol. The third kappa shape index (κ3) is 2.98. The number of ether oxygens (including phenoxy) is 1. The van der Waals surface area contributed by atoms with Crippen molar-refractivity contribution in [2.45, 2.75) is 31.6 Å². The minimum absolute atomic E-state index is 0.172. The first kappa shape index (κ1) is 13.1. The number of hydrogen-bond acceptors (Lipinski definition) is 5. The van der Waals surface area contributed by atoms with Gasteiger partial charge in [0.25, 0.3) is 0 Å². The number of carbonyl (C=O) groups excluding carboxylic acids is 1. The molecule has 0 saturated heterocycles. The van der Waals surface area contributed by atoms with Crippen LogP contribution in [0.3, 0.4) is 0 Å². The molecule has 0 unspecified atom stereocenters. The number of rotatable bonds is 4. The van der Waals surface area contributed by atoms with Crippen molar-refractivity contribution in [1.29, 1.82) is 0 Å². The molecule has 1 fully saturated rings. The number of methoxy groups -OCH3 is 1. The lowest BCUT2D eigenvalue weighted by atomic mass is 10.1. The highest BCUT2D eigenvalue weighted by atomic mass is 16.5. The summed E-state index contributed by atoms with van der Waals surface area (Å²) in [5.41, 5.74) is 2.40. The van der Waals surface area contributed by atoms with Gasteiger partial charge in [-0.15, -0.1) is 0 Å². The molecule has 5 heteroatoms.